The summed E-state index contributed by atoms with van der Waals surface area (Å²) in [6.07, 6.45) is 9.94. The second kappa shape index (κ2) is 4.17. The van der Waals surface area contributed by atoms with Crippen molar-refractivity contribution in [2.24, 2.45) is 5.41 Å². The van der Waals surface area contributed by atoms with E-state index in [9.17, 15) is 4.79 Å². The van der Waals surface area contributed by atoms with Gasteiger partial charge in [-0.2, -0.15) is 5.10 Å². The Morgan fingerprint density at radius 1 is 1.26 bits per heavy atom. The number of hydrogen-bond acceptors (Lipinski definition) is 3. The number of nitrogens with one attached hydrogen (secondary N) is 1. The van der Waals surface area contributed by atoms with E-state index in [4.69, 9.17) is 0 Å². The highest BCUT2D eigenvalue weighted by atomic mass is 16.1. The maximum Gasteiger partial charge on any atom is 0.189 e. The Balaban J connectivity index is 1.67. The van der Waals surface area contributed by atoms with Crippen LogP contribution in [0.25, 0.3) is 0 Å². The number of aromatic nitrogens is 2. The normalized spacial score (nSPS) is 26.2. The van der Waals surface area contributed by atoms with E-state index in [1.54, 1.807) is 0 Å². The Morgan fingerprint density at radius 2 is 2.05 bits per heavy atom. The van der Waals surface area contributed by atoms with Crippen LogP contribution < -0.4 is 5.32 Å². The SMILES string of the molecule is O=C1c2nn(C3CCC3)cc2CCC12CCNCC2. The molecule has 4 rings (SSSR count). The second-order valence-electron chi connectivity index (χ2n) is 6.43. The zero-order chi connectivity index (χ0) is 12.9. The summed E-state index contributed by atoms with van der Waals surface area (Å²) < 4.78 is 2.08. The number of nitrogens with zero attached hydrogens (tertiary/aromatic N) is 2. The van der Waals surface area contributed by atoms with Gasteiger partial charge in [0.25, 0.3) is 0 Å². The number of carbonyl (C=O) groups is 1. The van der Waals surface area contributed by atoms with E-state index in [1.165, 1.54) is 24.8 Å². The van der Waals surface area contributed by atoms with Crippen LogP contribution >= 0.6 is 0 Å². The Labute approximate surface area is 113 Å². The minimum absolute atomic E-state index is 0.100. The lowest BCUT2D eigenvalue weighted by atomic mass is 9.67. The van der Waals surface area contributed by atoms with Gasteiger partial charge < -0.3 is 5.32 Å². The lowest BCUT2D eigenvalue weighted by Crippen LogP contribution is -2.44. The smallest absolute Gasteiger partial charge is 0.189 e. The molecule has 0 unspecified atom stereocenters. The predicted octanol–water partition coefficient (Wildman–Crippen LogP) is 2.11. The average Bonchev–Trinajstić information content (AvgIpc) is 2.78. The number of ketones is 1. The molecule has 1 spiro atoms. The van der Waals surface area contributed by atoms with Gasteiger partial charge in [-0.25, -0.2) is 0 Å². The Morgan fingerprint density at radius 3 is 2.74 bits per heavy atom. The first-order valence-corrected chi connectivity index (χ1v) is 7.62. The number of fused-ring (bicyclic) bond motifs is 1. The highest BCUT2D eigenvalue weighted by Crippen LogP contribution is 2.42. The van der Waals surface area contributed by atoms with Crippen LogP contribution in [0, 0.1) is 5.41 Å². The molecule has 0 aromatic carbocycles. The molecule has 1 aliphatic heterocycles. The molecule has 19 heavy (non-hydrogen) atoms. The quantitative estimate of drug-likeness (QED) is 0.840. The van der Waals surface area contributed by atoms with Crippen LogP contribution in [-0.2, 0) is 6.42 Å². The summed E-state index contributed by atoms with van der Waals surface area (Å²) in [6.45, 7) is 1.95. The molecular formula is C15H21N3O. The van der Waals surface area contributed by atoms with Crippen molar-refractivity contribution < 1.29 is 4.79 Å². The maximum atomic E-state index is 12.8. The topological polar surface area (TPSA) is 46.9 Å². The van der Waals surface area contributed by atoms with Gasteiger partial charge >= 0.3 is 0 Å². The first-order chi connectivity index (χ1) is 9.28. The maximum absolute atomic E-state index is 12.8. The fourth-order valence-corrected chi connectivity index (χ4v) is 3.76. The van der Waals surface area contributed by atoms with Gasteiger partial charge in [0, 0.05) is 17.2 Å². The van der Waals surface area contributed by atoms with Gasteiger partial charge in [-0.1, -0.05) is 0 Å². The van der Waals surface area contributed by atoms with Crippen molar-refractivity contribution in [2.75, 3.05) is 13.1 Å². The molecule has 4 heteroatoms. The highest BCUT2D eigenvalue weighted by molar-refractivity contribution is 6.01. The Bertz CT molecular complexity index is 509. The van der Waals surface area contributed by atoms with Crippen molar-refractivity contribution in [3.8, 4) is 0 Å². The molecule has 2 heterocycles. The molecular weight excluding hydrogens is 238 g/mol. The summed E-state index contributed by atoms with van der Waals surface area (Å²) in [5.74, 6) is 0.327. The molecule has 0 radical (unpaired) electrons. The first-order valence-electron chi connectivity index (χ1n) is 7.62. The van der Waals surface area contributed by atoms with E-state index < -0.39 is 0 Å². The minimum atomic E-state index is -0.100. The van der Waals surface area contributed by atoms with Crippen molar-refractivity contribution in [1.82, 2.24) is 15.1 Å². The first kappa shape index (κ1) is 11.6. The fourth-order valence-electron chi connectivity index (χ4n) is 3.76. The van der Waals surface area contributed by atoms with Gasteiger partial charge in [0.15, 0.2) is 5.78 Å². The monoisotopic (exact) mass is 259 g/mol. The van der Waals surface area contributed by atoms with Crippen LogP contribution in [0.15, 0.2) is 6.20 Å². The zero-order valence-electron chi connectivity index (χ0n) is 11.3. The third-order valence-corrected chi connectivity index (χ3v) is 5.39. The van der Waals surface area contributed by atoms with Crippen LogP contribution in [0.1, 0.15) is 60.6 Å². The lowest BCUT2D eigenvalue weighted by Gasteiger charge is -2.38. The van der Waals surface area contributed by atoms with Crippen molar-refractivity contribution in [2.45, 2.75) is 51.0 Å². The summed E-state index contributed by atoms with van der Waals surface area (Å²) in [5.41, 5.74) is 1.89. The molecule has 2 aliphatic carbocycles. The van der Waals surface area contributed by atoms with E-state index >= 15 is 0 Å². The lowest BCUT2D eigenvalue weighted by molar-refractivity contribution is 0.0678. The van der Waals surface area contributed by atoms with E-state index in [2.05, 4.69) is 21.3 Å². The zero-order valence-corrected chi connectivity index (χ0v) is 11.3. The molecule has 3 aliphatic rings. The van der Waals surface area contributed by atoms with Gasteiger partial charge in [0.05, 0.1) is 6.04 Å². The van der Waals surface area contributed by atoms with Crippen molar-refractivity contribution >= 4 is 5.78 Å². The third kappa shape index (κ3) is 1.69. The summed E-state index contributed by atoms with van der Waals surface area (Å²) in [7, 11) is 0. The molecule has 1 aromatic rings. The second-order valence-corrected chi connectivity index (χ2v) is 6.43. The summed E-state index contributed by atoms with van der Waals surface area (Å²) in [5, 5.41) is 8.01. The molecule has 102 valence electrons. The molecule has 0 amide bonds. The average molecular weight is 259 g/mol. The van der Waals surface area contributed by atoms with Crippen LogP contribution in [0.5, 0.6) is 0 Å². The molecule has 0 atom stereocenters. The molecule has 0 bridgehead atoms. The molecule has 1 saturated heterocycles. The fraction of sp³-hybridized carbons (Fsp3) is 0.733. The predicted molar refractivity (Wildman–Crippen MR) is 72.3 cm³/mol. The summed E-state index contributed by atoms with van der Waals surface area (Å²) in [4.78, 5) is 12.8. The molecule has 1 N–H and O–H groups in total. The number of rotatable bonds is 1. The molecule has 4 nitrogen and oxygen atoms in total. The molecule has 1 aromatic heterocycles. The van der Waals surface area contributed by atoms with Crippen molar-refractivity contribution in [3.63, 3.8) is 0 Å². The number of piperidine rings is 1. The van der Waals surface area contributed by atoms with Crippen LogP contribution in [0.4, 0.5) is 0 Å². The standard InChI is InChI=1S/C15H21N3O/c19-14-13-11(10-18(17-13)12-2-1-3-12)4-5-15(14)6-8-16-9-7-15/h10,12,16H,1-9H2. The van der Waals surface area contributed by atoms with Crippen molar-refractivity contribution in [3.05, 3.63) is 17.5 Å². The van der Waals surface area contributed by atoms with Gasteiger partial charge in [-0.15, -0.1) is 0 Å². The Hall–Kier alpha value is -1.16. The van der Waals surface area contributed by atoms with Crippen LogP contribution in [0.3, 0.4) is 0 Å². The largest absolute Gasteiger partial charge is 0.317 e. The van der Waals surface area contributed by atoms with Crippen LogP contribution in [0.2, 0.25) is 0 Å². The number of aryl methyl sites for hydroxylation is 1. The number of carbonyl (C=O) groups excluding carboxylic acids is 1. The molecule has 1 saturated carbocycles. The number of Topliss-reactive ketones (excluding diaryl/α,β-unsaturated/α-hetero) is 1. The van der Waals surface area contributed by atoms with E-state index in [1.807, 2.05) is 0 Å². The van der Waals surface area contributed by atoms with Crippen LogP contribution in [-0.4, -0.2) is 28.7 Å². The van der Waals surface area contributed by atoms with Gasteiger partial charge in [0.1, 0.15) is 5.69 Å². The van der Waals surface area contributed by atoms with E-state index in [0.29, 0.717) is 11.8 Å². The van der Waals surface area contributed by atoms with E-state index in [-0.39, 0.29) is 5.41 Å². The minimum Gasteiger partial charge on any atom is -0.317 e. The van der Waals surface area contributed by atoms with Crippen molar-refractivity contribution in [1.29, 1.82) is 0 Å². The van der Waals surface area contributed by atoms with Gasteiger partial charge in [0.2, 0.25) is 0 Å². The molecule has 2 fully saturated rings. The van der Waals surface area contributed by atoms with Gasteiger partial charge in [-0.05, 0) is 58.0 Å². The number of hydrogen-bond donors (Lipinski definition) is 1. The third-order valence-electron chi connectivity index (χ3n) is 5.39. The summed E-state index contributed by atoms with van der Waals surface area (Å²) in [6, 6.07) is 0.558. The highest BCUT2D eigenvalue weighted by Gasteiger charge is 2.44. The summed E-state index contributed by atoms with van der Waals surface area (Å²) >= 11 is 0. The Kier molecular flexibility index (Phi) is 2.56. The van der Waals surface area contributed by atoms with Gasteiger partial charge in [-0.3, -0.25) is 9.48 Å². The van der Waals surface area contributed by atoms with E-state index in [0.717, 1.165) is 44.5 Å².